The summed E-state index contributed by atoms with van der Waals surface area (Å²) in [5.41, 5.74) is 0. The van der Waals surface area contributed by atoms with Gasteiger partial charge in [-0.3, -0.25) is 0 Å². The molecule has 0 heterocycles. The largest absolute Gasteiger partial charge is 0.198 e. The van der Waals surface area contributed by atoms with Crippen molar-refractivity contribution in [3.63, 3.8) is 0 Å². The number of nitrogens with zero attached hydrogens (tertiary/aromatic N) is 2. The van der Waals surface area contributed by atoms with Crippen LogP contribution >= 0.6 is 0 Å². The fourth-order valence-corrected chi connectivity index (χ4v) is 7.97. The van der Waals surface area contributed by atoms with Crippen molar-refractivity contribution in [1.82, 2.24) is 0 Å². The first-order chi connectivity index (χ1) is 16.2. The maximum absolute atomic E-state index is 9.07. The molecule has 0 aliphatic heterocycles. The van der Waals surface area contributed by atoms with Gasteiger partial charge >= 0.3 is 0 Å². The van der Waals surface area contributed by atoms with Gasteiger partial charge in [0.2, 0.25) is 0 Å². The Morgan fingerprint density at radius 2 is 1.00 bits per heavy atom. The molecule has 0 saturated heterocycles. The van der Waals surface area contributed by atoms with Crippen molar-refractivity contribution in [2.45, 2.75) is 136 Å². The molecule has 4 aliphatic rings. The van der Waals surface area contributed by atoms with E-state index in [4.69, 9.17) is 10.5 Å². The van der Waals surface area contributed by atoms with Gasteiger partial charge in [-0.1, -0.05) is 84.5 Å². The summed E-state index contributed by atoms with van der Waals surface area (Å²) in [4.78, 5) is 0. The van der Waals surface area contributed by atoms with Crippen LogP contribution in [0.1, 0.15) is 136 Å². The maximum atomic E-state index is 9.07. The summed E-state index contributed by atoms with van der Waals surface area (Å²) >= 11 is 0. The third-order valence-corrected chi connectivity index (χ3v) is 10.2. The monoisotopic (exact) mass is 452 g/mol. The lowest BCUT2D eigenvalue weighted by atomic mass is 9.68. The van der Waals surface area contributed by atoms with E-state index in [9.17, 15) is 0 Å². The van der Waals surface area contributed by atoms with Crippen LogP contribution in [0.5, 0.6) is 0 Å². The Labute approximate surface area is 205 Å². The first-order valence-corrected chi connectivity index (χ1v) is 15.0. The van der Waals surface area contributed by atoms with Gasteiger partial charge in [0.25, 0.3) is 0 Å². The van der Waals surface area contributed by atoms with Gasteiger partial charge < -0.3 is 0 Å². The molecule has 4 unspecified atom stereocenters. The Morgan fingerprint density at radius 1 is 0.545 bits per heavy atom. The molecular formula is C31H52N2. The lowest BCUT2D eigenvalue weighted by Gasteiger charge is -2.37. The predicted octanol–water partition coefficient (Wildman–Crippen LogP) is 9.46. The third-order valence-electron chi connectivity index (χ3n) is 10.2. The van der Waals surface area contributed by atoms with Gasteiger partial charge in [-0.15, -0.1) is 0 Å². The highest BCUT2D eigenvalue weighted by Crippen LogP contribution is 2.43. The molecule has 0 aromatic rings. The Hall–Kier alpha value is -1.02. The van der Waals surface area contributed by atoms with Crippen LogP contribution in [0.25, 0.3) is 0 Å². The molecule has 0 aromatic heterocycles. The zero-order valence-electron chi connectivity index (χ0n) is 21.9. The van der Waals surface area contributed by atoms with Gasteiger partial charge in [0.05, 0.1) is 12.1 Å². The normalized spacial score (nSPS) is 39.4. The quantitative estimate of drug-likeness (QED) is 0.417. The number of rotatable bonds is 5. The summed E-state index contributed by atoms with van der Waals surface area (Å²) in [5, 5.41) is 18.1. The zero-order valence-corrected chi connectivity index (χ0v) is 21.9. The van der Waals surface area contributed by atoms with E-state index in [1.807, 2.05) is 0 Å². The second kappa shape index (κ2) is 14.4. The maximum Gasteiger partial charge on any atom is 0.0655 e. The molecule has 4 rings (SSSR count). The fraction of sp³-hybridized carbons (Fsp3) is 0.935. The highest BCUT2D eigenvalue weighted by molar-refractivity contribution is 4.91. The zero-order chi connectivity index (χ0) is 23.5. The Morgan fingerprint density at radius 3 is 1.39 bits per heavy atom. The van der Waals surface area contributed by atoms with Crippen LogP contribution in [-0.4, -0.2) is 0 Å². The van der Waals surface area contributed by atoms with Crippen molar-refractivity contribution in [3.8, 4) is 12.1 Å². The minimum atomic E-state index is 0.377. The average Bonchev–Trinajstić information content (AvgIpc) is 2.90. The van der Waals surface area contributed by atoms with Crippen molar-refractivity contribution in [3.05, 3.63) is 0 Å². The highest BCUT2D eigenvalue weighted by atomic mass is 14.4. The van der Waals surface area contributed by atoms with Gasteiger partial charge in [0.15, 0.2) is 0 Å². The van der Waals surface area contributed by atoms with Crippen molar-refractivity contribution in [1.29, 1.82) is 10.5 Å². The molecule has 4 fully saturated rings. The molecule has 4 atom stereocenters. The van der Waals surface area contributed by atoms with Crippen LogP contribution < -0.4 is 0 Å². The van der Waals surface area contributed by atoms with E-state index in [1.165, 1.54) is 109 Å². The van der Waals surface area contributed by atoms with E-state index in [-0.39, 0.29) is 0 Å². The summed E-state index contributed by atoms with van der Waals surface area (Å²) in [7, 11) is 0. The van der Waals surface area contributed by atoms with Crippen LogP contribution in [0, 0.1) is 70.0 Å². The third kappa shape index (κ3) is 8.30. The van der Waals surface area contributed by atoms with Gasteiger partial charge in [-0.25, -0.2) is 0 Å². The molecule has 4 saturated carbocycles. The average molecular weight is 453 g/mol. The Bertz CT molecular complexity index is 612. The molecule has 33 heavy (non-hydrogen) atoms. The lowest BCUT2D eigenvalue weighted by molar-refractivity contribution is 0.150. The number of nitriles is 2. The van der Waals surface area contributed by atoms with Gasteiger partial charge in [0.1, 0.15) is 0 Å². The van der Waals surface area contributed by atoms with E-state index in [2.05, 4.69) is 26.0 Å². The molecule has 0 radical (unpaired) electrons. The van der Waals surface area contributed by atoms with E-state index >= 15 is 0 Å². The van der Waals surface area contributed by atoms with Crippen molar-refractivity contribution in [2.24, 2.45) is 47.3 Å². The Balaban J connectivity index is 0.000000186. The smallest absolute Gasteiger partial charge is 0.0655 e. The van der Waals surface area contributed by atoms with Crippen LogP contribution in [0.15, 0.2) is 0 Å². The van der Waals surface area contributed by atoms with E-state index in [0.717, 1.165) is 48.3 Å². The molecule has 0 bridgehead atoms. The molecule has 0 amide bonds. The van der Waals surface area contributed by atoms with Crippen molar-refractivity contribution >= 4 is 0 Å². The number of hydrogen-bond donors (Lipinski definition) is 0. The summed E-state index contributed by atoms with van der Waals surface area (Å²) in [6.45, 7) is 4.64. The highest BCUT2D eigenvalue weighted by Gasteiger charge is 2.32. The van der Waals surface area contributed by atoms with Crippen LogP contribution in [0.3, 0.4) is 0 Å². The summed E-state index contributed by atoms with van der Waals surface area (Å²) in [6, 6.07) is 4.99. The van der Waals surface area contributed by atoms with Crippen molar-refractivity contribution in [2.75, 3.05) is 0 Å². The van der Waals surface area contributed by atoms with Crippen LogP contribution in [-0.2, 0) is 0 Å². The first kappa shape index (κ1) is 26.6. The molecule has 2 heteroatoms. The van der Waals surface area contributed by atoms with E-state index in [1.54, 1.807) is 0 Å². The molecule has 0 N–H and O–H groups in total. The SMILES string of the molecule is CCC1CCC(C2CCCC(C#N)C2)CC1.CCCC1CCC(C2CCCC(C#N)C2)CC1. The summed E-state index contributed by atoms with van der Waals surface area (Å²) in [6.07, 6.45) is 26.0. The second-order valence-corrected chi connectivity index (χ2v) is 12.3. The van der Waals surface area contributed by atoms with Gasteiger partial charge in [0, 0.05) is 11.8 Å². The standard InChI is InChI=1S/C16H27N.C15H25N/c1-2-4-13-7-9-15(10-8-13)16-6-3-5-14(11-16)12-17;1-2-12-6-8-14(9-7-12)15-5-3-4-13(10-15)11-16/h13-16H,2-11H2,1H3;12-15H,2-10H2,1H3. The van der Waals surface area contributed by atoms with E-state index < -0.39 is 0 Å². The molecular weight excluding hydrogens is 400 g/mol. The second-order valence-electron chi connectivity index (χ2n) is 12.3. The van der Waals surface area contributed by atoms with Crippen molar-refractivity contribution < 1.29 is 0 Å². The minimum Gasteiger partial charge on any atom is -0.198 e. The van der Waals surface area contributed by atoms with E-state index in [0.29, 0.717) is 11.8 Å². The molecule has 0 spiro atoms. The molecule has 186 valence electrons. The molecule has 4 aliphatic carbocycles. The minimum absolute atomic E-state index is 0.377. The summed E-state index contributed by atoms with van der Waals surface area (Å²) < 4.78 is 0. The number of hydrogen-bond acceptors (Lipinski definition) is 2. The molecule has 2 nitrogen and oxygen atoms in total. The Kier molecular flexibility index (Phi) is 11.6. The first-order valence-electron chi connectivity index (χ1n) is 15.0. The molecule has 0 aromatic carbocycles. The van der Waals surface area contributed by atoms with Gasteiger partial charge in [-0.05, 0) is 86.9 Å². The van der Waals surface area contributed by atoms with Gasteiger partial charge in [-0.2, -0.15) is 10.5 Å². The fourth-order valence-electron chi connectivity index (χ4n) is 7.97. The van der Waals surface area contributed by atoms with Crippen LogP contribution in [0.4, 0.5) is 0 Å². The lowest BCUT2D eigenvalue weighted by Crippen LogP contribution is -2.26. The van der Waals surface area contributed by atoms with Crippen LogP contribution in [0.2, 0.25) is 0 Å². The topological polar surface area (TPSA) is 47.6 Å². The predicted molar refractivity (Wildman–Crippen MR) is 138 cm³/mol. The summed E-state index contributed by atoms with van der Waals surface area (Å²) in [5.74, 6) is 6.47.